The summed E-state index contributed by atoms with van der Waals surface area (Å²) in [5, 5.41) is 13.2. The summed E-state index contributed by atoms with van der Waals surface area (Å²) in [6, 6.07) is 26.9. The van der Waals surface area contributed by atoms with E-state index in [2.05, 4.69) is 24.3 Å². The molecule has 5 heteroatoms. The fraction of sp³-hybridized carbons (Fsp3) is 0.303. The average molecular weight is 508 g/mol. The third-order valence-electron chi connectivity index (χ3n) is 8.93. The number of amides is 1. The Morgan fingerprint density at radius 3 is 2.08 bits per heavy atom. The van der Waals surface area contributed by atoms with Crippen LogP contribution in [0.2, 0.25) is 0 Å². The first-order valence-corrected chi connectivity index (χ1v) is 13.6. The molecule has 4 aromatic rings. The number of aliphatic hydroxyl groups is 1. The molecule has 2 aliphatic heterocycles. The minimum Gasteiger partial charge on any atom is -0.448 e. The Bertz CT molecular complexity index is 1490. The van der Waals surface area contributed by atoms with Gasteiger partial charge in [0.1, 0.15) is 12.4 Å². The predicted molar refractivity (Wildman–Crippen MR) is 145 cm³/mol. The number of halogens is 1. The van der Waals surface area contributed by atoms with E-state index in [0.29, 0.717) is 18.2 Å². The van der Waals surface area contributed by atoms with Crippen LogP contribution in [0.5, 0.6) is 0 Å². The number of rotatable bonds is 3. The second-order valence-electron chi connectivity index (χ2n) is 11.0. The van der Waals surface area contributed by atoms with Crippen LogP contribution in [0.3, 0.4) is 0 Å². The van der Waals surface area contributed by atoms with Crippen molar-refractivity contribution in [3.63, 3.8) is 0 Å². The van der Waals surface area contributed by atoms with Crippen molar-refractivity contribution in [3.05, 3.63) is 107 Å². The zero-order chi connectivity index (χ0) is 25.9. The molecule has 4 nitrogen and oxygen atoms in total. The standard InChI is InChI=1S/C33H30FNO3/c34-31-17-16-30(27-14-5-6-15-28(27)31)33(37)18-21-8-7-9-22(19-33)35(21)32(36)38-20-29-25-12-3-1-10-23(25)24-11-2-4-13-26(24)29/h1-6,10-17,21-22,29,37H,7-9,18-20H2. The van der Waals surface area contributed by atoms with E-state index in [0.717, 1.165) is 30.2 Å². The highest BCUT2D eigenvalue weighted by molar-refractivity contribution is 5.87. The molecule has 2 heterocycles. The molecule has 3 aliphatic rings. The zero-order valence-electron chi connectivity index (χ0n) is 21.1. The molecule has 1 amide bonds. The third kappa shape index (κ3) is 3.64. The second kappa shape index (κ2) is 8.95. The van der Waals surface area contributed by atoms with Gasteiger partial charge in [0.15, 0.2) is 0 Å². The van der Waals surface area contributed by atoms with E-state index in [1.54, 1.807) is 12.1 Å². The van der Waals surface area contributed by atoms with E-state index in [4.69, 9.17) is 4.74 Å². The van der Waals surface area contributed by atoms with Gasteiger partial charge in [0, 0.05) is 36.2 Å². The maximum Gasteiger partial charge on any atom is 0.410 e. The highest BCUT2D eigenvalue weighted by Gasteiger charge is 2.49. The largest absolute Gasteiger partial charge is 0.448 e. The maximum absolute atomic E-state index is 14.5. The summed E-state index contributed by atoms with van der Waals surface area (Å²) < 4.78 is 20.5. The van der Waals surface area contributed by atoms with Crippen molar-refractivity contribution in [2.45, 2.75) is 55.7 Å². The van der Waals surface area contributed by atoms with Crippen molar-refractivity contribution in [2.24, 2.45) is 0 Å². The number of ether oxygens (including phenoxy) is 1. The molecule has 192 valence electrons. The normalized spacial score (nSPS) is 24.2. The molecule has 0 spiro atoms. The van der Waals surface area contributed by atoms with Crippen molar-refractivity contribution in [2.75, 3.05) is 6.61 Å². The van der Waals surface area contributed by atoms with Gasteiger partial charge in [0.25, 0.3) is 0 Å². The monoisotopic (exact) mass is 507 g/mol. The van der Waals surface area contributed by atoms with Gasteiger partial charge in [0.05, 0.1) is 5.60 Å². The van der Waals surface area contributed by atoms with E-state index in [9.17, 15) is 14.3 Å². The second-order valence-corrected chi connectivity index (χ2v) is 11.0. The smallest absolute Gasteiger partial charge is 0.410 e. The molecule has 2 atom stereocenters. The fourth-order valence-corrected chi connectivity index (χ4v) is 7.28. The first-order valence-electron chi connectivity index (χ1n) is 13.6. The van der Waals surface area contributed by atoms with Gasteiger partial charge < -0.3 is 14.7 Å². The van der Waals surface area contributed by atoms with E-state index >= 15 is 0 Å². The van der Waals surface area contributed by atoms with Crippen molar-refractivity contribution in [1.82, 2.24) is 4.90 Å². The van der Waals surface area contributed by atoms with Crippen molar-refractivity contribution in [3.8, 4) is 11.1 Å². The summed E-state index contributed by atoms with van der Waals surface area (Å²) in [5.74, 6) is -0.275. The number of hydrogen-bond acceptors (Lipinski definition) is 3. The van der Waals surface area contributed by atoms with Crippen LogP contribution in [0.1, 0.15) is 54.7 Å². The number of fused-ring (bicyclic) bond motifs is 6. The minimum absolute atomic E-state index is 0.0125. The average Bonchev–Trinajstić information content (AvgIpc) is 3.25. The van der Waals surface area contributed by atoms with E-state index in [1.807, 2.05) is 47.4 Å². The molecule has 0 radical (unpaired) electrons. The highest BCUT2D eigenvalue weighted by Crippen LogP contribution is 2.47. The molecule has 0 saturated carbocycles. The van der Waals surface area contributed by atoms with Crippen LogP contribution >= 0.6 is 0 Å². The Hall–Kier alpha value is -3.70. The molecule has 2 fully saturated rings. The first-order chi connectivity index (χ1) is 18.5. The van der Waals surface area contributed by atoms with Crippen molar-refractivity contribution < 1.29 is 19.0 Å². The lowest BCUT2D eigenvalue weighted by atomic mass is 9.71. The van der Waals surface area contributed by atoms with E-state index in [-0.39, 0.29) is 36.5 Å². The van der Waals surface area contributed by atoms with Gasteiger partial charge in [-0.3, -0.25) is 0 Å². The summed E-state index contributed by atoms with van der Waals surface area (Å²) in [5.41, 5.74) is 4.42. The number of nitrogens with zero attached hydrogens (tertiary/aromatic N) is 1. The molecule has 7 rings (SSSR count). The molecule has 1 aliphatic carbocycles. The lowest BCUT2D eigenvalue weighted by molar-refractivity contribution is -0.0883. The Morgan fingerprint density at radius 1 is 0.842 bits per heavy atom. The molecule has 1 N–H and O–H groups in total. The summed E-state index contributed by atoms with van der Waals surface area (Å²) in [6.07, 6.45) is 3.20. The van der Waals surface area contributed by atoms with Crippen LogP contribution in [0.4, 0.5) is 9.18 Å². The Balaban J connectivity index is 1.13. The zero-order valence-corrected chi connectivity index (χ0v) is 21.1. The van der Waals surface area contributed by atoms with Crippen molar-refractivity contribution in [1.29, 1.82) is 0 Å². The first kappa shape index (κ1) is 23.4. The van der Waals surface area contributed by atoms with Gasteiger partial charge in [-0.25, -0.2) is 9.18 Å². The summed E-state index contributed by atoms with van der Waals surface area (Å²) >= 11 is 0. The van der Waals surface area contributed by atoms with E-state index in [1.165, 1.54) is 28.3 Å². The van der Waals surface area contributed by atoms with Gasteiger partial charge in [-0.1, -0.05) is 78.9 Å². The van der Waals surface area contributed by atoms with Gasteiger partial charge in [-0.2, -0.15) is 0 Å². The van der Waals surface area contributed by atoms with Gasteiger partial charge in [0.2, 0.25) is 0 Å². The number of benzene rings is 4. The molecular weight excluding hydrogens is 477 g/mol. The number of carbonyl (C=O) groups excluding carboxylic acids is 1. The summed E-state index contributed by atoms with van der Waals surface area (Å²) in [4.78, 5) is 15.5. The molecule has 4 aromatic carbocycles. The number of piperidine rings is 2. The molecule has 2 unspecified atom stereocenters. The quantitative estimate of drug-likeness (QED) is 0.321. The topological polar surface area (TPSA) is 49.8 Å². The van der Waals surface area contributed by atoms with Gasteiger partial charge in [-0.15, -0.1) is 0 Å². The van der Waals surface area contributed by atoms with Crippen LogP contribution in [-0.4, -0.2) is 34.8 Å². The van der Waals surface area contributed by atoms with Gasteiger partial charge in [-0.05, 0) is 58.5 Å². The van der Waals surface area contributed by atoms with Gasteiger partial charge >= 0.3 is 6.09 Å². The van der Waals surface area contributed by atoms with Crippen LogP contribution in [0, 0.1) is 5.82 Å². The summed E-state index contributed by atoms with van der Waals surface area (Å²) in [7, 11) is 0. The number of hydrogen-bond donors (Lipinski definition) is 1. The maximum atomic E-state index is 14.5. The molecule has 0 aromatic heterocycles. The molecule has 38 heavy (non-hydrogen) atoms. The minimum atomic E-state index is -1.12. The fourth-order valence-electron chi connectivity index (χ4n) is 7.28. The predicted octanol–water partition coefficient (Wildman–Crippen LogP) is 7.13. The van der Waals surface area contributed by atoms with Crippen LogP contribution in [-0.2, 0) is 10.3 Å². The Kier molecular flexibility index (Phi) is 5.52. The molecule has 2 bridgehead atoms. The van der Waals surface area contributed by atoms with Crippen LogP contribution < -0.4 is 0 Å². The summed E-state index contributed by atoms with van der Waals surface area (Å²) in [6.45, 7) is 0.287. The van der Waals surface area contributed by atoms with E-state index < -0.39 is 5.60 Å². The Morgan fingerprint density at radius 2 is 1.42 bits per heavy atom. The Labute approximate surface area is 221 Å². The number of carbonyl (C=O) groups is 1. The van der Waals surface area contributed by atoms with Crippen LogP contribution in [0.25, 0.3) is 21.9 Å². The molecular formula is C33H30FNO3. The van der Waals surface area contributed by atoms with Crippen molar-refractivity contribution >= 4 is 16.9 Å². The lowest BCUT2D eigenvalue weighted by Crippen LogP contribution is -2.59. The SMILES string of the molecule is O=C(OCC1c2ccccc2-c2ccccc21)N1C2CCCC1CC(O)(c1ccc(F)c3ccccc13)C2. The lowest BCUT2D eigenvalue weighted by Gasteiger charge is -2.51. The van der Waals surface area contributed by atoms with Crippen LogP contribution in [0.15, 0.2) is 84.9 Å². The highest BCUT2D eigenvalue weighted by atomic mass is 19.1. The third-order valence-corrected chi connectivity index (χ3v) is 8.93. The molecule has 2 saturated heterocycles.